The first-order valence-corrected chi connectivity index (χ1v) is 8.11. The molecule has 1 aliphatic carbocycles. The maximum Gasteiger partial charge on any atom is 0.222 e. The number of hydrogen-bond acceptors (Lipinski definition) is 6. The third-order valence-corrected chi connectivity index (χ3v) is 4.70. The molecule has 0 radical (unpaired) electrons. The van der Waals surface area contributed by atoms with Gasteiger partial charge in [0.05, 0.1) is 17.8 Å². The van der Waals surface area contributed by atoms with Crippen LogP contribution in [0.15, 0.2) is 24.3 Å². The molecule has 0 unspecified atom stereocenters. The molecular formula is C17H21N5O. The van der Waals surface area contributed by atoms with Crippen molar-refractivity contribution in [2.75, 3.05) is 24.1 Å². The minimum absolute atomic E-state index is 0.152. The van der Waals surface area contributed by atoms with Gasteiger partial charge in [0.25, 0.3) is 0 Å². The Morgan fingerprint density at radius 1 is 1.17 bits per heavy atom. The molecule has 2 heterocycles. The van der Waals surface area contributed by atoms with Gasteiger partial charge in [-0.05, 0) is 24.1 Å². The maximum atomic E-state index is 10.5. The van der Waals surface area contributed by atoms with Crippen molar-refractivity contribution in [2.45, 2.75) is 31.4 Å². The Bertz CT molecular complexity index is 733. The SMILES string of the molecule is Nc1nc2c(c(N[C@@H]3c4ccccc4C[C@@H]3O)n1)CCNCC2. The van der Waals surface area contributed by atoms with Crippen molar-refractivity contribution in [1.29, 1.82) is 0 Å². The Morgan fingerprint density at radius 2 is 2.00 bits per heavy atom. The van der Waals surface area contributed by atoms with Crippen molar-refractivity contribution < 1.29 is 5.11 Å². The molecule has 0 bridgehead atoms. The van der Waals surface area contributed by atoms with Crippen LogP contribution in [-0.4, -0.2) is 34.3 Å². The van der Waals surface area contributed by atoms with E-state index in [0.717, 1.165) is 48.6 Å². The molecule has 1 aromatic carbocycles. The van der Waals surface area contributed by atoms with Gasteiger partial charge in [-0.15, -0.1) is 0 Å². The van der Waals surface area contributed by atoms with Crippen LogP contribution in [0.3, 0.4) is 0 Å². The van der Waals surface area contributed by atoms with E-state index in [2.05, 4.69) is 32.7 Å². The fourth-order valence-electron chi connectivity index (χ4n) is 3.58. The van der Waals surface area contributed by atoms with Gasteiger partial charge in [0.1, 0.15) is 5.82 Å². The smallest absolute Gasteiger partial charge is 0.222 e. The molecule has 0 fully saturated rings. The summed E-state index contributed by atoms with van der Waals surface area (Å²) in [4.78, 5) is 8.81. The highest BCUT2D eigenvalue weighted by Gasteiger charge is 2.32. The molecule has 0 amide bonds. The van der Waals surface area contributed by atoms with Crippen molar-refractivity contribution in [2.24, 2.45) is 0 Å². The van der Waals surface area contributed by atoms with Crippen LogP contribution >= 0.6 is 0 Å². The average Bonchev–Trinajstić information content (AvgIpc) is 2.71. The topological polar surface area (TPSA) is 96.1 Å². The van der Waals surface area contributed by atoms with Crippen LogP contribution in [0, 0.1) is 0 Å². The van der Waals surface area contributed by atoms with Crippen LogP contribution in [-0.2, 0) is 19.3 Å². The molecule has 2 atom stereocenters. The first-order valence-electron chi connectivity index (χ1n) is 8.11. The van der Waals surface area contributed by atoms with Crippen LogP contribution < -0.4 is 16.4 Å². The lowest BCUT2D eigenvalue weighted by molar-refractivity contribution is 0.165. The molecule has 6 heteroatoms. The van der Waals surface area contributed by atoms with E-state index < -0.39 is 6.10 Å². The number of anilines is 2. The summed E-state index contributed by atoms with van der Waals surface area (Å²) in [7, 11) is 0. The number of rotatable bonds is 2. The third kappa shape index (κ3) is 2.64. The van der Waals surface area contributed by atoms with Gasteiger partial charge in [-0.1, -0.05) is 24.3 Å². The van der Waals surface area contributed by atoms with Crippen molar-refractivity contribution in [3.63, 3.8) is 0 Å². The van der Waals surface area contributed by atoms with E-state index in [9.17, 15) is 5.11 Å². The highest BCUT2D eigenvalue weighted by atomic mass is 16.3. The van der Waals surface area contributed by atoms with Gasteiger partial charge in [-0.3, -0.25) is 0 Å². The lowest BCUT2D eigenvalue weighted by atomic mass is 10.1. The second kappa shape index (κ2) is 5.79. The zero-order valence-electron chi connectivity index (χ0n) is 12.9. The standard InChI is InChI=1S/C17H21N5O/c18-17-20-13-6-8-19-7-5-12(13)16(22-17)21-15-11-4-2-1-3-10(11)9-14(15)23/h1-4,14-15,19,23H,5-9H2,(H3,18,20,21,22)/t14-,15+/m0/s1. The van der Waals surface area contributed by atoms with Crippen LogP contribution in [0.1, 0.15) is 28.4 Å². The minimum atomic E-state index is -0.455. The summed E-state index contributed by atoms with van der Waals surface area (Å²) in [6.07, 6.45) is 1.92. The van der Waals surface area contributed by atoms with Crippen LogP contribution in [0.5, 0.6) is 0 Å². The van der Waals surface area contributed by atoms with Crippen LogP contribution in [0.2, 0.25) is 0 Å². The van der Waals surface area contributed by atoms with Gasteiger partial charge in [0.2, 0.25) is 5.95 Å². The van der Waals surface area contributed by atoms with Gasteiger partial charge in [0.15, 0.2) is 0 Å². The molecule has 1 aromatic heterocycles. The van der Waals surface area contributed by atoms with Gasteiger partial charge in [0, 0.05) is 24.9 Å². The van der Waals surface area contributed by atoms with Crippen molar-refractivity contribution in [3.8, 4) is 0 Å². The third-order valence-electron chi connectivity index (χ3n) is 4.70. The number of benzene rings is 1. The minimum Gasteiger partial charge on any atom is -0.390 e. The fraction of sp³-hybridized carbons (Fsp3) is 0.412. The molecule has 120 valence electrons. The number of nitrogens with one attached hydrogen (secondary N) is 2. The Hall–Kier alpha value is -2.18. The summed E-state index contributed by atoms with van der Waals surface area (Å²) in [5.74, 6) is 1.05. The van der Waals surface area contributed by atoms with E-state index >= 15 is 0 Å². The maximum absolute atomic E-state index is 10.5. The van der Waals surface area contributed by atoms with E-state index in [4.69, 9.17) is 5.73 Å². The van der Waals surface area contributed by atoms with Gasteiger partial charge in [-0.25, -0.2) is 4.98 Å². The molecule has 2 aromatic rings. The van der Waals surface area contributed by atoms with E-state index in [-0.39, 0.29) is 12.0 Å². The Labute approximate surface area is 135 Å². The van der Waals surface area contributed by atoms with Crippen LogP contribution in [0.25, 0.3) is 0 Å². The first kappa shape index (κ1) is 14.4. The van der Waals surface area contributed by atoms with Crippen molar-refractivity contribution >= 4 is 11.8 Å². The van der Waals surface area contributed by atoms with Gasteiger partial charge >= 0.3 is 0 Å². The number of aliphatic hydroxyl groups is 1. The molecular weight excluding hydrogens is 290 g/mol. The Kier molecular flexibility index (Phi) is 3.63. The van der Waals surface area contributed by atoms with Gasteiger partial charge < -0.3 is 21.5 Å². The molecule has 0 spiro atoms. The molecule has 5 N–H and O–H groups in total. The lowest BCUT2D eigenvalue weighted by Crippen LogP contribution is -2.23. The van der Waals surface area contributed by atoms with E-state index in [1.54, 1.807) is 0 Å². The quantitative estimate of drug-likeness (QED) is 0.656. The van der Waals surface area contributed by atoms with E-state index in [0.29, 0.717) is 6.42 Å². The highest BCUT2D eigenvalue weighted by Crippen LogP contribution is 2.35. The molecule has 1 aliphatic heterocycles. The number of aromatic nitrogens is 2. The number of nitrogens with two attached hydrogens (primary N) is 1. The van der Waals surface area contributed by atoms with Crippen molar-refractivity contribution in [1.82, 2.24) is 15.3 Å². The number of hydrogen-bond donors (Lipinski definition) is 4. The zero-order valence-corrected chi connectivity index (χ0v) is 12.9. The van der Waals surface area contributed by atoms with Gasteiger partial charge in [-0.2, -0.15) is 4.98 Å². The summed E-state index contributed by atoms with van der Waals surface area (Å²) >= 11 is 0. The predicted molar refractivity (Wildman–Crippen MR) is 89.2 cm³/mol. The average molecular weight is 311 g/mol. The summed E-state index contributed by atoms with van der Waals surface area (Å²) in [5, 5.41) is 17.3. The summed E-state index contributed by atoms with van der Waals surface area (Å²) in [6, 6.07) is 7.99. The normalized spacial score (nSPS) is 23.0. The molecule has 4 rings (SSSR count). The zero-order chi connectivity index (χ0) is 15.8. The summed E-state index contributed by atoms with van der Waals surface area (Å²) in [5.41, 5.74) is 10.3. The van der Waals surface area contributed by atoms with E-state index in [1.165, 1.54) is 5.56 Å². The second-order valence-electron chi connectivity index (χ2n) is 6.20. The summed E-state index contributed by atoms with van der Waals surface area (Å²) in [6.45, 7) is 1.80. The largest absolute Gasteiger partial charge is 0.390 e. The predicted octanol–water partition coefficient (Wildman–Crippen LogP) is 0.817. The monoisotopic (exact) mass is 311 g/mol. The number of aliphatic hydroxyl groups excluding tert-OH is 1. The number of nitrogen functional groups attached to an aromatic ring is 1. The lowest BCUT2D eigenvalue weighted by Gasteiger charge is -2.21. The highest BCUT2D eigenvalue weighted by molar-refractivity contribution is 5.54. The molecule has 6 nitrogen and oxygen atoms in total. The van der Waals surface area contributed by atoms with Crippen molar-refractivity contribution in [3.05, 3.63) is 46.6 Å². The second-order valence-corrected chi connectivity index (χ2v) is 6.20. The molecule has 23 heavy (non-hydrogen) atoms. The Balaban J connectivity index is 1.71. The first-order chi connectivity index (χ1) is 11.2. The summed E-state index contributed by atoms with van der Waals surface area (Å²) < 4.78 is 0. The Morgan fingerprint density at radius 3 is 2.91 bits per heavy atom. The number of nitrogens with zero attached hydrogens (tertiary/aromatic N) is 2. The van der Waals surface area contributed by atoms with E-state index in [1.807, 2.05) is 12.1 Å². The van der Waals surface area contributed by atoms with Crippen LogP contribution in [0.4, 0.5) is 11.8 Å². The fourth-order valence-corrected chi connectivity index (χ4v) is 3.58. The molecule has 2 aliphatic rings. The molecule has 0 saturated heterocycles. The number of fused-ring (bicyclic) bond motifs is 2. The molecule has 0 saturated carbocycles.